The van der Waals surface area contributed by atoms with E-state index in [2.05, 4.69) is 24.3 Å². The summed E-state index contributed by atoms with van der Waals surface area (Å²) in [5, 5.41) is 16.1. The number of carbonyl (C=O) groups is 2. The third kappa shape index (κ3) is 6.84. The maximum atomic E-state index is 9.90. The van der Waals surface area contributed by atoms with Gasteiger partial charge in [-0.1, -0.05) is 24.3 Å². The second kappa shape index (κ2) is 6.65. The van der Waals surface area contributed by atoms with Gasteiger partial charge in [-0.15, -0.1) is 0 Å². The van der Waals surface area contributed by atoms with Gasteiger partial charge in [-0.05, 0) is 13.3 Å². The Kier molecular flexibility index (Phi) is 5.78. The molecule has 0 fully saturated rings. The Labute approximate surface area is 81.9 Å². The third-order valence-corrected chi connectivity index (χ3v) is 1.33. The fourth-order valence-corrected chi connectivity index (χ4v) is 0.640. The van der Waals surface area contributed by atoms with Gasteiger partial charge in [0.05, 0.1) is 0 Å². The summed E-state index contributed by atoms with van der Waals surface area (Å²) in [6, 6.07) is 0. The molecule has 0 aromatic carbocycles. The SMILES string of the molecule is C/C(=C/C(=O)O)C(=O)O.C1=CCC=C1. The van der Waals surface area contributed by atoms with Crippen molar-refractivity contribution in [1.82, 2.24) is 0 Å². The highest BCUT2D eigenvalue weighted by molar-refractivity contribution is 5.93. The predicted octanol–water partition coefficient (Wildman–Crippen LogP) is 1.60. The molecular formula is C10H12O4. The number of hydrogen-bond donors (Lipinski definition) is 2. The van der Waals surface area contributed by atoms with Gasteiger partial charge in [0, 0.05) is 11.6 Å². The van der Waals surface area contributed by atoms with Crippen LogP contribution in [0.25, 0.3) is 0 Å². The zero-order valence-electron chi connectivity index (χ0n) is 7.80. The zero-order valence-corrected chi connectivity index (χ0v) is 7.80. The first kappa shape index (κ1) is 12.2. The Morgan fingerprint density at radius 2 is 1.71 bits per heavy atom. The fourth-order valence-electron chi connectivity index (χ4n) is 0.640. The monoisotopic (exact) mass is 196 g/mol. The van der Waals surface area contributed by atoms with Crippen LogP contribution in [0.15, 0.2) is 36.0 Å². The van der Waals surface area contributed by atoms with Crippen molar-refractivity contribution >= 4 is 11.9 Å². The van der Waals surface area contributed by atoms with E-state index in [9.17, 15) is 9.59 Å². The van der Waals surface area contributed by atoms with Crippen molar-refractivity contribution < 1.29 is 19.8 Å². The summed E-state index contributed by atoms with van der Waals surface area (Å²) in [5.74, 6) is -2.45. The molecule has 2 N–H and O–H groups in total. The van der Waals surface area contributed by atoms with E-state index < -0.39 is 11.9 Å². The standard InChI is InChI=1S/C5H6O4.C5H6/c1-3(5(8)9)2-4(6)7;1-2-4-5-3-1/h2H,1H3,(H,6,7)(H,8,9);1-4H,5H2/b3-2-;. The van der Waals surface area contributed by atoms with Gasteiger partial charge in [0.25, 0.3) is 0 Å². The van der Waals surface area contributed by atoms with Crippen LogP contribution >= 0.6 is 0 Å². The smallest absolute Gasteiger partial charge is 0.331 e. The van der Waals surface area contributed by atoms with Crippen LogP contribution in [0.5, 0.6) is 0 Å². The van der Waals surface area contributed by atoms with Crippen molar-refractivity contribution in [3.05, 3.63) is 36.0 Å². The number of allylic oxidation sites excluding steroid dienone is 4. The number of hydrogen-bond acceptors (Lipinski definition) is 2. The van der Waals surface area contributed by atoms with Gasteiger partial charge in [0.1, 0.15) is 0 Å². The summed E-state index contributed by atoms with van der Waals surface area (Å²) in [6.45, 7) is 1.22. The Hall–Kier alpha value is -1.84. The van der Waals surface area contributed by atoms with Gasteiger partial charge in [-0.25, -0.2) is 9.59 Å². The van der Waals surface area contributed by atoms with Crippen LogP contribution in [0.3, 0.4) is 0 Å². The third-order valence-electron chi connectivity index (χ3n) is 1.33. The molecule has 0 saturated heterocycles. The molecule has 4 nitrogen and oxygen atoms in total. The van der Waals surface area contributed by atoms with Gasteiger partial charge in [-0.2, -0.15) is 0 Å². The average Bonchev–Trinajstić information content (AvgIpc) is 2.59. The lowest BCUT2D eigenvalue weighted by Gasteiger charge is -1.86. The highest BCUT2D eigenvalue weighted by atomic mass is 16.4. The molecular weight excluding hydrogens is 184 g/mol. The van der Waals surface area contributed by atoms with Crippen molar-refractivity contribution in [3.63, 3.8) is 0 Å². The predicted molar refractivity (Wildman–Crippen MR) is 51.9 cm³/mol. The maximum Gasteiger partial charge on any atom is 0.331 e. The van der Waals surface area contributed by atoms with E-state index in [-0.39, 0.29) is 5.57 Å². The normalized spacial score (nSPS) is 13.4. The fraction of sp³-hybridized carbons (Fsp3) is 0.200. The summed E-state index contributed by atoms with van der Waals surface area (Å²) in [5.41, 5.74) is -0.178. The summed E-state index contributed by atoms with van der Waals surface area (Å²) < 4.78 is 0. The van der Waals surface area contributed by atoms with E-state index >= 15 is 0 Å². The topological polar surface area (TPSA) is 74.6 Å². The van der Waals surface area contributed by atoms with Crippen molar-refractivity contribution in [2.45, 2.75) is 13.3 Å². The minimum atomic E-state index is -1.24. The lowest BCUT2D eigenvalue weighted by atomic mass is 10.3. The molecule has 0 saturated carbocycles. The highest BCUT2D eigenvalue weighted by Gasteiger charge is 2.00. The van der Waals surface area contributed by atoms with Gasteiger partial charge >= 0.3 is 11.9 Å². The molecule has 0 aliphatic heterocycles. The molecule has 76 valence electrons. The van der Waals surface area contributed by atoms with Crippen LogP contribution in [-0.4, -0.2) is 22.2 Å². The molecule has 1 rings (SSSR count). The van der Waals surface area contributed by atoms with Crippen LogP contribution in [0, 0.1) is 0 Å². The molecule has 0 aromatic rings. The molecule has 1 aliphatic carbocycles. The first-order valence-electron chi connectivity index (χ1n) is 4.00. The summed E-state index contributed by atoms with van der Waals surface area (Å²) in [6.07, 6.45) is 10.1. The molecule has 0 heterocycles. The molecule has 0 bridgehead atoms. The largest absolute Gasteiger partial charge is 0.478 e. The van der Waals surface area contributed by atoms with E-state index in [0.29, 0.717) is 6.08 Å². The van der Waals surface area contributed by atoms with Crippen LogP contribution in [0.2, 0.25) is 0 Å². The minimum absolute atomic E-state index is 0.178. The van der Waals surface area contributed by atoms with E-state index in [0.717, 1.165) is 6.42 Å². The summed E-state index contributed by atoms with van der Waals surface area (Å²) >= 11 is 0. The van der Waals surface area contributed by atoms with Crippen LogP contribution in [0.1, 0.15) is 13.3 Å². The molecule has 0 spiro atoms. The highest BCUT2D eigenvalue weighted by Crippen LogP contribution is 1.93. The number of carboxylic acid groups (broad SMARTS) is 2. The van der Waals surface area contributed by atoms with Gasteiger partial charge in [0.2, 0.25) is 0 Å². The molecule has 14 heavy (non-hydrogen) atoms. The van der Waals surface area contributed by atoms with E-state index in [1.54, 1.807) is 0 Å². The van der Waals surface area contributed by atoms with Crippen molar-refractivity contribution in [2.75, 3.05) is 0 Å². The lowest BCUT2D eigenvalue weighted by Crippen LogP contribution is -1.99. The van der Waals surface area contributed by atoms with Crippen LogP contribution < -0.4 is 0 Å². The second-order valence-corrected chi connectivity index (χ2v) is 2.56. The van der Waals surface area contributed by atoms with Gasteiger partial charge < -0.3 is 10.2 Å². The van der Waals surface area contributed by atoms with Crippen LogP contribution in [0.4, 0.5) is 0 Å². The first-order valence-corrected chi connectivity index (χ1v) is 4.00. The molecule has 0 amide bonds. The first-order chi connectivity index (χ1) is 6.54. The van der Waals surface area contributed by atoms with E-state index in [4.69, 9.17) is 10.2 Å². The molecule has 0 unspecified atom stereocenters. The van der Waals surface area contributed by atoms with Crippen molar-refractivity contribution in [1.29, 1.82) is 0 Å². The average molecular weight is 196 g/mol. The minimum Gasteiger partial charge on any atom is -0.478 e. The molecule has 1 aliphatic rings. The number of rotatable bonds is 2. The Balaban J connectivity index is 0.000000280. The number of carboxylic acids is 2. The lowest BCUT2D eigenvalue weighted by molar-refractivity contribution is -0.135. The molecule has 0 atom stereocenters. The Morgan fingerprint density at radius 1 is 1.21 bits per heavy atom. The summed E-state index contributed by atoms with van der Waals surface area (Å²) in [7, 11) is 0. The zero-order chi connectivity index (χ0) is 11.0. The maximum absolute atomic E-state index is 9.90. The quantitative estimate of drug-likeness (QED) is 0.658. The second-order valence-electron chi connectivity index (χ2n) is 2.56. The Bertz CT molecular complexity index is 287. The molecule has 4 heteroatoms. The van der Waals surface area contributed by atoms with Gasteiger partial charge in [0.15, 0.2) is 0 Å². The Morgan fingerprint density at radius 3 is 1.86 bits per heavy atom. The van der Waals surface area contributed by atoms with Crippen molar-refractivity contribution in [2.24, 2.45) is 0 Å². The summed E-state index contributed by atoms with van der Waals surface area (Å²) in [4.78, 5) is 19.7. The van der Waals surface area contributed by atoms with Crippen LogP contribution in [-0.2, 0) is 9.59 Å². The molecule has 0 radical (unpaired) electrons. The van der Waals surface area contributed by atoms with Crippen molar-refractivity contribution in [3.8, 4) is 0 Å². The van der Waals surface area contributed by atoms with E-state index in [1.165, 1.54) is 6.92 Å². The van der Waals surface area contributed by atoms with Gasteiger partial charge in [-0.3, -0.25) is 0 Å². The molecule has 0 aromatic heterocycles. The van der Waals surface area contributed by atoms with E-state index in [1.807, 2.05) is 0 Å². The number of aliphatic carboxylic acids is 2.